The molecule has 2 N–H and O–H groups in total. The Morgan fingerprint density at radius 2 is 1.63 bits per heavy atom. The third kappa shape index (κ3) is 6.38. The summed E-state index contributed by atoms with van der Waals surface area (Å²) in [5.74, 6) is 4.45. The molecule has 0 heterocycles. The van der Waals surface area contributed by atoms with E-state index in [2.05, 4.69) is 44.7 Å². The van der Waals surface area contributed by atoms with Crippen LogP contribution >= 0.6 is 0 Å². The Morgan fingerprint density at radius 3 is 2.29 bits per heavy atom. The van der Waals surface area contributed by atoms with Crippen LogP contribution in [-0.2, 0) is 14.8 Å². The van der Waals surface area contributed by atoms with Crippen molar-refractivity contribution in [3.63, 3.8) is 0 Å². The first-order valence-corrected chi connectivity index (χ1v) is 17.8. The van der Waals surface area contributed by atoms with Crippen molar-refractivity contribution >= 4 is 15.8 Å². The molecule has 4 aliphatic rings. The second-order valence-corrected chi connectivity index (χ2v) is 16.9. The number of fused-ring (bicyclic) bond motifs is 5. The van der Waals surface area contributed by atoms with Crippen molar-refractivity contribution in [2.45, 2.75) is 131 Å². The zero-order chi connectivity index (χ0) is 27.9. The number of carbonyl (C=O) groups is 1. The van der Waals surface area contributed by atoms with Crippen LogP contribution in [0, 0.1) is 52.3 Å². The summed E-state index contributed by atoms with van der Waals surface area (Å²) in [5, 5.41) is 3.88. The summed E-state index contributed by atoms with van der Waals surface area (Å²) in [7, 11) is -3.27. The predicted molar refractivity (Wildman–Crippen MR) is 157 cm³/mol. The number of hydrogen-bond donors (Lipinski definition) is 2. The molecule has 6 heteroatoms. The normalized spacial score (nSPS) is 41.8. The smallest absolute Gasteiger partial charge is 0.208 e. The van der Waals surface area contributed by atoms with Crippen molar-refractivity contribution < 1.29 is 13.2 Å². The summed E-state index contributed by atoms with van der Waals surface area (Å²) in [6.07, 6.45) is 15.2. The van der Waals surface area contributed by atoms with E-state index in [4.69, 9.17) is 0 Å². The van der Waals surface area contributed by atoms with Crippen LogP contribution in [0.3, 0.4) is 0 Å². The highest BCUT2D eigenvalue weighted by Gasteiger charge is 2.63. The molecule has 38 heavy (non-hydrogen) atoms. The molecule has 4 fully saturated rings. The van der Waals surface area contributed by atoms with Crippen molar-refractivity contribution in [2.75, 3.05) is 12.8 Å². The summed E-state index contributed by atoms with van der Waals surface area (Å²) in [6, 6.07) is 0.631. The maximum absolute atomic E-state index is 12.6. The molecule has 0 aromatic carbocycles. The number of sulfonamides is 1. The molecule has 4 saturated carbocycles. The molecule has 4 aliphatic carbocycles. The van der Waals surface area contributed by atoms with Gasteiger partial charge in [0.15, 0.2) is 0 Å². The van der Waals surface area contributed by atoms with Gasteiger partial charge in [-0.15, -0.1) is 0 Å². The first-order chi connectivity index (χ1) is 17.7. The molecule has 5 nitrogen and oxygen atoms in total. The minimum absolute atomic E-state index is 0.0590. The van der Waals surface area contributed by atoms with Gasteiger partial charge in [-0.2, -0.15) is 0 Å². The van der Waals surface area contributed by atoms with Gasteiger partial charge in [0, 0.05) is 18.5 Å². The fourth-order valence-corrected chi connectivity index (χ4v) is 11.1. The van der Waals surface area contributed by atoms with E-state index in [0.717, 1.165) is 25.3 Å². The highest BCUT2D eigenvalue weighted by atomic mass is 32.2. The van der Waals surface area contributed by atoms with E-state index in [0.29, 0.717) is 59.2 Å². The van der Waals surface area contributed by atoms with E-state index in [1.165, 1.54) is 64.0 Å². The van der Waals surface area contributed by atoms with Crippen molar-refractivity contribution in [3.8, 4) is 0 Å². The largest absolute Gasteiger partial charge is 0.314 e. The Labute approximate surface area is 234 Å². The lowest BCUT2D eigenvalue weighted by Gasteiger charge is -2.63. The van der Waals surface area contributed by atoms with Crippen LogP contribution < -0.4 is 10.0 Å². The minimum Gasteiger partial charge on any atom is -0.314 e. The molecular weight excluding hydrogens is 492 g/mol. The number of rotatable bonds is 11. The number of nitrogens with one attached hydrogen (secondary N) is 2. The molecule has 0 bridgehead atoms. The van der Waals surface area contributed by atoms with Crippen molar-refractivity contribution in [2.24, 2.45) is 52.3 Å². The molecule has 0 radical (unpaired) electrons. The lowest BCUT2D eigenvalue weighted by atomic mass is 9.43. The van der Waals surface area contributed by atoms with E-state index < -0.39 is 10.0 Å². The van der Waals surface area contributed by atoms with Crippen LogP contribution in [0.4, 0.5) is 0 Å². The van der Waals surface area contributed by atoms with Gasteiger partial charge in [-0.1, -0.05) is 34.6 Å². The zero-order valence-electron chi connectivity index (χ0n) is 25.5. The third-order valence-electron chi connectivity index (χ3n) is 12.2. The number of carbonyl (C=O) groups excluding carboxylic acids is 1. The monoisotopic (exact) mass is 550 g/mol. The molecule has 0 amide bonds. The predicted octanol–water partition coefficient (Wildman–Crippen LogP) is 6.57. The third-order valence-corrected chi connectivity index (χ3v) is 12.9. The van der Waals surface area contributed by atoms with Crippen molar-refractivity contribution in [1.82, 2.24) is 10.0 Å². The van der Waals surface area contributed by atoms with E-state index in [9.17, 15) is 13.2 Å². The molecule has 10 atom stereocenters. The van der Waals surface area contributed by atoms with Gasteiger partial charge in [-0.25, -0.2) is 13.1 Å². The summed E-state index contributed by atoms with van der Waals surface area (Å²) in [6.45, 7) is 14.9. The number of hydrogen-bond acceptors (Lipinski definition) is 4. The van der Waals surface area contributed by atoms with Crippen LogP contribution in [0.25, 0.3) is 0 Å². The number of Topliss-reactive ketones (excluding diaryl/α,β-unsaturated/α-hetero) is 1. The minimum atomic E-state index is -3.27. The molecule has 0 aliphatic heterocycles. The Kier molecular flexibility index (Phi) is 9.47. The maximum atomic E-state index is 12.6. The molecule has 0 aromatic heterocycles. The molecule has 4 rings (SSSR count). The second kappa shape index (κ2) is 11.8. The highest BCUT2D eigenvalue weighted by molar-refractivity contribution is 7.88. The highest BCUT2D eigenvalue weighted by Crippen LogP contribution is 2.68. The quantitative estimate of drug-likeness (QED) is 0.285. The molecule has 0 saturated heterocycles. The SMILES string of the molecule is CC(=O)CC[C@@H](C)[C@H]1CCC2C3C(NS(C)(=O)=O)C[C@@H]4CC(NCCCC(C)C)CC[C@]4(C)C3CC[C@@]21C. The first-order valence-electron chi connectivity index (χ1n) is 15.9. The molecule has 220 valence electrons. The fourth-order valence-electron chi connectivity index (χ4n) is 10.3. The van der Waals surface area contributed by atoms with Crippen molar-refractivity contribution in [1.29, 1.82) is 0 Å². The summed E-state index contributed by atoms with van der Waals surface area (Å²) < 4.78 is 28.5. The van der Waals surface area contributed by atoms with Gasteiger partial charge in [0.25, 0.3) is 0 Å². The number of ketones is 1. The van der Waals surface area contributed by atoms with Crippen LogP contribution in [0.2, 0.25) is 0 Å². The molecule has 5 unspecified atom stereocenters. The van der Waals surface area contributed by atoms with Crippen molar-refractivity contribution in [3.05, 3.63) is 0 Å². The first kappa shape index (κ1) is 30.5. The standard InChI is InChI=1S/C32H58N2O3S/c1-21(2)9-8-18-33-25-14-16-31(5)24(19-25)20-29(34-38(7,36)37)30-27-13-12-26(22(3)10-11-23(4)35)32(27,6)17-15-28(30)31/h21-22,24-30,33-34H,8-20H2,1-7H3/t22-,24+,25?,26-,27?,28?,29?,30?,31+,32-/m1/s1. The lowest BCUT2D eigenvalue weighted by molar-refractivity contribution is -0.129. The molecule has 0 aromatic rings. The van der Waals surface area contributed by atoms with Gasteiger partial charge in [-0.3, -0.25) is 0 Å². The van der Waals surface area contributed by atoms with E-state index in [-0.39, 0.29) is 11.5 Å². The lowest BCUT2D eigenvalue weighted by Crippen LogP contribution is -2.62. The Bertz CT molecular complexity index is 935. The Balaban J connectivity index is 1.53. The topological polar surface area (TPSA) is 75.3 Å². The zero-order valence-corrected chi connectivity index (χ0v) is 26.3. The van der Waals surface area contributed by atoms with E-state index in [1.807, 2.05) is 0 Å². The van der Waals surface area contributed by atoms with Crippen LogP contribution in [0.15, 0.2) is 0 Å². The maximum Gasteiger partial charge on any atom is 0.208 e. The van der Waals surface area contributed by atoms with Gasteiger partial charge >= 0.3 is 0 Å². The van der Waals surface area contributed by atoms with Gasteiger partial charge in [0.05, 0.1) is 6.26 Å². The van der Waals surface area contributed by atoms with E-state index in [1.54, 1.807) is 6.92 Å². The average Bonchev–Trinajstić information content (AvgIpc) is 3.17. The van der Waals surface area contributed by atoms with Gasteiger partial charge in [0.2, 0.25) is 10.0 Å². The Hall–Kier alpha value is -0.460. The molecule has 0 spiro atoms. The fraction of sp³-hybridized carbons (Fsp3) is 0.969. The van der Waals surface area contributed by atoms with Crippen LogP contribution in [-0.4, -0.2) is 39.1 Å². The van der Waals surface area contributed by atoms with Crippen LogP contribution in [0.5, 0.6) is 0 Å². The van der Waals surface area contributed by atoms with Gasteiger partial charge < -0.3 is 10.1 Å². The van der Waals surface area contributed by atoms with Crippen LogP contribution in [0.1, 0.15) is 119 Å². The summed E-state index contributed by atoms with van der Waals surface area (Å²) >= 11 is 0. The molecular formula is C32H58N2O3S. The van der Waals surface area contributed by atoms with Gasteiger partial charge in [-0.05, 0) is 136 Å². The van der Waals surface area contributed by atoms with Gasteiger partial charge in [0.1, 0.15) is 5.78 Å². The average molecular weight is 551 g/mol. The second-order valence-electron chi connectivity index (χ2n) is 15.1. The van der Waals surface area contributed by atoms with E-state index >= 15 is 0 Å². The summed E-state index contributed by atoms with van der Waals surface area (Å²) in [5.41, 5.74) is 0.573. The summed E-state index contributed by atoms with van der Waals surface area (Å²) in [4.78, 5) is 11.7. The Morgan fingerprint density at radius 1 is 0.947 bits per heavy atom.